The Hall–Kier alpha value is -0.540. The fourth-order valence-electron chi connectivity index (χ4n) is 2.80. The molecule has 0 radical (unpaired) electrons. The van der Waals surface area contributed by atoms with Gasteiger partial charge in [0, 0.05) is 19.6 Å². The summed E-state index contributed by atoms with van der Waals surface area (Å²) in [5, 5.41) is 8.81. The lowest BCUT2D eigenvalue weighted by molar-refractivity contribution is 0.440. The maximum absolute atomic E-state index is 6.26. The Morgan fingerprint density at radius 3 is 2.78 bits per heavy atom. The van der Waals surface area contributed by atoms with Crippen LogP contribution in [-0.2, 0) is 13.6 Å². The Bertz CT molecular complexity index is 400. The summed E-state index contributed by atoms with van der Waals surface area (Å²) in [6.45, 7) is 5.15. The molecule has 0 bridgehead atoms. The van der Waals surface area contributed by atoms with Crippen molar-refractivity contribution in [2.75, 3.05) is 0 Å². The van der Waals surface area contributed by atoms with Gasteiger partial charge in [-0.25, -0.2) is 0 Å². The molecule has 102 valence electrons. The molecule has 0 spiro atoms. The molecule has 1 saturated carbocycles. The first-order chi connectivity index (χ1) is 8.58. The summed E-state index contributed by atoms with van der Waals surface area (Å²) < 4.78 is 1.89. The van der Waals surface area contributed by atoms with Crippen LogP contribution in [0.5, 0.6) is 0 Å². The van der Waals surface area contributed by atoms with E-state index in [1.165, 1.54) is 32.1 Å². The molecule has 1 aromatic heterocycles. The maximum atomic E-state index is 6.26. The van der Waals surface area contributed by atoms with Gasteiger partial charge in [0.25, 0.3) is 0 Å². The fourth-order valence-corrected chi connectivity index (χ4v) is 3.03. The van der Waals surface area contributed by atoms with Gasteiger partial charge < -0.3 is 5.32 Å². The number of rotatable bonds is 3. The van der Waals surface area contributed by atoms with Gasteiger partial charge in [0.1, 0.15) is 0 Å². The van der Waals surface area contributed by atoms with E-state index in [2.05, 4.69) is 17.3 Å². The predicted octanol–water partition coefficient (Wildman–Crippen LogP) is 3.44. The van der Waals surface area contributed by atoms with Crippen molar-refractivity contribution >= 4 is 11.6 Å². The van der Waals surface area contributed by atoms with Crippen molar-refractivity contribution in [2.24, 2.45) is 13.0 Å². The van der Waals surface area contributed by atoms with Crippen molar-refractivity contribution in [3.63, 3.8) is 0 Å². The Kier molecular flexibility index (Phi) is 4.68. The minimum atomic E-state index is 0.640. The number of halogens is 1. The molecule has 2 unspecified atom stereocenters. The average Bonchev–Trinajstić information content (AvgIpc) is 2.51. The van der Waals surface area contributed by atoms with E-state index in [0.29, 0.717) is 6.04 Å². The zero-order valence-electron chi connectivity index (χ0n) is 11.7. The van der Waals surface area contributed by atoms with Crippen LogP contribution in [0.2, 0.25) is 5.02 Å². The lowest BCUT2D eigenvalue weighted by atomic mass is 10.0. The molecule has 1 N–H and O–H groups in total. The topological polar surface area (TPSA) is 29.9 Å². The van der Waals surface area contributed by atoms with E-state index in [4.69, 9.17) is 11.6 Å². The van der Waals surface area contributed by atoms with Crippen LogP contribution in [0.25, 0.3) is 0 Å². The van der Waals surface area contributed by atoms with Crippen LogP contribution in [0.15, 0.2) is 0 Å². The first kappa shape index (κ1) is 13.9. The standard InChI is InChI=1S/C14H24ClN3/c1-10-5-4-6-12(8-7-10)16-9-13-14(15)11(2)17-18(13)3/h10,12,16H,4-9H2,1-3H3. The molecule has 0 aliphatic heterocycles. The highest BCUT2D eigenvalue weighted by Gasteiger charge is 2.17. The van der Waals surface area contributed by atoms with E-state index in [9.17, 15) is 0 Å². The minimum Gasteiger partial charge on any atom is -0.308 e. The van der Waals surface area contributed by atoms with Gasteiger partial charge in [0.05, 0.1) is 16.4 Å². The molecule has 3 nitrogen and oxygen atoms in total. The molecule has 0 amide bonds. The first-order valence-electron chi connectivity index (χ1n) is 6.99. The van der Waals surface area contributed by atoms with Crippen LogP contribution in [0.1, 0.15) is 50.4 Å². The van der Waals surface area contributed by atoms with Gasteiger partial charge in [0.15, 0.2) is 0 Å². The predicted molar refractivity (Wildman–Crippen MR) is 75.8 cm³/mol. The summed E-state index contributed by atoms with van der Waals surface area (Å²) in [5.74, 6) is 0.888. The zero-order valence-corrected chi connectivity index (χ0v) is 12.4. The highest BCUT2D eigenvalue weighted by molar-refractivity contribution is 6.31. The minimum absolute atomic E-state index is 0.640. The largest absolute Gasteiger partial charge is 0.308 e. The lowest BCUT2D eigenvalue weighted by Crippen LogP contribution is -2.29. The van der Waals surface area contributed by atoms with Crippen molar-refractivity contribution in [1.82, 2.24) is 15.1 Å². The second kappa shape index (κ2) is 6.07. The van der Waals surface area contributed by atoms with Gasteiger partial charge in [0.2, 0.25) is 0 Å². The van der Waals surface area contributed by atoms with E-state index in [0.717, 1.165) is 28.9 Å². The van der Waals surface area contributed by atoms with E-state index >= 15 is 0 Å². The van der Waals surface area contributed by atoms with E-state index < -0.39 is 0 Å². The second-order valence-electron chi connectivity index (χ2n) is 5.66. The first-order valence-corrected chi connectivity index (χ1v) is 7.37. The molecule has 2 rings (SSSR count). The van der Waals surface area contributed by atoms with Crippen molar-refractivity contribution in [3.8, 4) is 0 Å². The van der Waals surface area contributed by atoms with Crippen molar-refractivity contribution in [1.29, 1.82) is 0 Å². The molecule has 2 atom stereocenters. The van der Waals surface area contributed by atoms with E-state index in [-0.39, 0.29) is 0 Å². The summed E-state index contributed by atoms with van der Waals surface area (Å²) in [4.78, 5) is 0. The van der Waals surface area contributed by atoms with Crippen LogP contribution in [0.4, 0.5) is 0 Å². The summed E-state index contributed by atoms with van der Waals surface area (Å²) in [6, 6.07) is 0.640. The van der Waals surface area contributed by atoms with Crippen LogP contribution in [-0.4, -0.2) is 15.8 Å². The molecule has 1 aromatic rings. The molecular formula is C14H24ClN3. The number of aryl methyl sites for hydroxylation is 2. The van der Waals surface area contributed by atoms with Gasteiger partial charge in [-0.1, -0.05) is 31.4 Å². The number of nitrogens with one attached hydrogen (secondary N) is 1. The second-order valence-corrected chi connectivity index (χ2v) is 6.04. The normalized spacial score (nSPS) is 25.1. The molecular weight excluding hydrogens is 246 g/mol. The highest BCUT2D eigenvalue weighted by Crippen LogP contribution is 2.24. The molecule has 18 heavy (non-hydrogen) atoms. The SMILES string of the molecule is Cc1nn(C)c(CNC2CCCC(C)CC2)c1Cl. The smallest absolute Gasteiger partial charge is 0.0860 e. The fraction of sp³-hybridized carbons (Fsp3) is 0.786. The molecule has 1 heterocycles. The van der Waals surface area contributed by atoms with Crippen LogP contribution < -0.4 is 5.32 Å². The van der Waals surface area contributed by atoms with Gasteiger partial charge in [-0.2, -0.15) is 5.10 Å². The molecule has 0 saturated heterocycles. The third-order valence-corrected chi connectivity index (χ3v) is 4.57. The van der Waals surface area contributed by atoms with Gasteiger partial charge >= 0.3 is 0 Å². The van der Waals surface area contributed by atoms with Gasteiger partial charge in [-0.15, -0.1) is 0 Å². The van der Waals surface area contributed by atoms with E-state index in [1.54, 1.807) is 0 Å². The summed E-state index contributed by atoms with van der Waals surface area (Å²) in [7, 11) is 1.96. The van der Waals surface area contributed by atoms with Crippen LogP contribution in [0, 0.1) is 12.8 Å². The van der Waals surface area contributed by atoms with Crippen LogP contribution >= 0.6 is 11.6 Å². The molecule has 4 heteroatoms. The van der Waals surface area contributed by atoms with Gasteiger partial charge in [-0.05, 0) is 32.1 Å². The summed E-state index contributed by atoms with van der Waals surface area (Å²) >= 11 is 6.26. The average molecular weight is 270 g/mol. The Labute approximate surface area is 115 Å². The van der Waals surface area contributed by atoms with E-state index in [1.807, 2.05) is 18.7 Å². The van der Waals surface area contributed by atoms with Gasteiger partial charge in [-0.3, -0.25) is 4.68 Å². The number of hydrogen-bond donors (Lipinski definition) is 1. The third kappa shape index (κ3) is 3.27. The Balaban J connectivity index is 1.91. The zero-order chi connectivity index (χ0) is 13.1. The Morgan fingerprint density at radius 1 is 1.33 bits per heavy atom. The monoisotopic (exact) mass is 269 g/mol. The number of hydrogen-bond acceptors (Lipinski definition) is 2. The summed E-state index contributed by atoms with van der Waals surface area (Å²) in [5.41, 5.74) is 2.02. The lowest BCUT2D eigenvalue weighted by Gasteiger charge is -2.16. The molecule has 1 fully saturated rings. The van der Waals surface area contributed by atoms with Crippen molar-refractivity contribution in [3.05, 3.63) is 16.4 Å². The molecule has 1 aliphatic rings. The summed E-state index contributed by atoms with van der Waals surface area (Å²) in [6.07, 6.45) is 6.64. The number of aromatic nitrogens is 2. The van der Waals surface area contributed by atoms with Crippen molar-refractivity contribution in [2.45, 2.75) is 58.5 Å². The molecule has 1 aliphatic carbocycles. The molecule has 0 aromatic carbocycles. The maximum Gasteiger partial charge on any atom is 0.0860 e. The Morgan fingerprint density at radius 2 is 2.11 bits per heavy atom. The quantitative estimate of drug-likeness (QED) is 0.852. The third-order valence-electron chi connectivity index (χ3n) is 4.08. The highest BCUT2D eigenvalue weighted by atomic mass is 35.5. The van der Waals surface area contributed by atoms with Crippen molar-refractivity contribution < 1.29 is 0 Å². The number of nitrogens with zero attached hydrogens (tertiary/aromatic N) is 2. The van der Waals surface area contributed by atoms with Crippen LogP contribution in [0.3, 0.4) is 0 Å².